The lowest BCUT2D eigenvalue weighted by Crippen LogP contribution is -2.11. The minimum absolute atomic E-state index is 0.0662. The highest BCUT2D eigenvalue weighted by molar-refractivity contribution is 7.07. The van der Waals surface area contributed by atoms with E-state index in [-0.39, 0.29) is 6.04 Å². The van der Waals surface area contributed by atoms with Crippen LogP contribution in [0, 0.1) is 0 Å². The van der Waals surface area contributed by atoms with E-state index < -0.39 is 0 Å². The zero-order chi connectivity index (χ0) is 10.5. The number of rotatable bonds is 4. The molecule has 1 aromatic heterocycles. The Hall–Kier alpha value is -1.19. The SMILES string of the molecule is NC(CCc1ccccc1)c1cscn1. The molecule has 1 heterocycles. The van der Waals surface area contributed by atoms with Gasteiger partial charge in [-0.2, -0.15) is 0 Å². The molecule has 78 valence electrons. The average Bonchev–Trinajstić information content (AvgIpc) is 2.81. The second kappa shape index (κ2) is 5.05. The Balaban J connectivity index is 1.89. The molecule has 2 aromatic rings. The Morgan fingerprint density at radius 3 is 2.73 bits per heavy atom. The molecule has 0 aliphatic heterocycles. The lowest BCUT2D eigenvalue weighted by Gasteiger charge is -2.08. The van der Waals surface area contributed by atoms with Crippen molar-refractivity contribution in [2.45, 2.75) is 18.9 Å². The van der Waals surface area contributed by atoms with Gasteiger partial charge in [0.05, 0.1) is 11.2 Å². The first-order chi connectivity index (χ1) is 7.36. The standard InChI is InChI=1S/C12H14N2S/c13-11(12-8-15-9-14-12)7-6-10-4-2-1-3-5-10/h1-5,8-9,11H,6-7,13H2. The Morgan fingerprint density at radius 2 is 2.07 bits per heavy atom. The summed E-state index contributed by atoms with van der Waals surface area (Å²) in [5, 5.41) is 2.02. The van der Waals surface area contributed by atoms with Gasteiger partial charge in [-0.05, 0) is 18.4 Å². The number of hydrogen-bond donors (Lipinski definition) is 1. The first kappa shape index (κ1) is 10.3. The van der Waals surface area contributed by atoms with Crippen LogP contribution in [0.5, 0.6) is 0 Å². The average molecular weight is 218 g/mol. The van der Waals surface area contributed by atoms with Crippen molar-refractivity contribution in [1.82, 2.24) is 4.98 Å². The van der Waals surface area contributed by atoms with Crippen molar-refractivity contribution >= 4 is 11.3 Å². The number of aromatic nitrogens is 1. The van der Waals surface area contributed by atoms with Crippen LogP contribution >= 0.6 is 11.3 Å². The molecule has 0 spiro atoms. The predicted molar refractivity (Wildman–Crippen MR) is 63.8 cm³/mol. The first-order valence-electron chi connectivity index (χ1n) is 5.04. The van der Waals surface area contributed by atoms with Gasteiger partial charge >= 0.3 is 0 Å². The highest BCUT2D eigenvalue weighted by atomic mass is 32.1. The van der Waals surface area contributed by atoms with Gasteiger partial charge in [-0.15, -0.1) is 11.3 Å². The molecule has 0 radical (unpaired) electrons. The molecular weight excluding hydrogens is 204 g/mol. The topological polar surface area (TPSA) is 38.9 Å². The summed E-state index contributed by atoms with van der Waals surface area (Å²) in [7, 11) is 0. The lowest BCUT2D eigenvalue weighted by atomic mass is 10.0. The maximum Gasteiger partial charge on any atom is 0.0795 e. The largest absolute Gasteiger partial charge is 0.323 e. The third-order valence-corrected chi connectivity index (χ3v) is 3.02. The van der Waals surface area contributed by atoms with Crippen LogP contribution in [-0.2, 0) is 6.42 Å². The van der Waals surface area contributed by atoms with E-state index in [1.165, 1.54) is 5.56 Å². The van der Waals surface area contributed by atoms with Crippen molar-refractivity contribution in [2.24, 2.45) is 5.73 Å². The minimum Gasteiger partial charge on any atom is -0.323 e. The van der Waals surface area contributed by atoms with E-state index in [1.54, 1.807) is 11.3 Å². The second-order valence-corrected chi connectivity index (χ2v) is 4.26. The maximum atomic E-state index is 6.03. The first-order valence-corrected chi connectivity index (χ1v) is 5.98. The zero-order valence-electron chi connectivity index (χ0n) is 8.47. The van der Waals surface area contributed by atoms with Gasteiger partial charge in [0.1, 0.15) is 0 Å². The van der Waals surface area contributed by atoms with E-state index in [4.69, 9.17) is 5.73 Å². The molecule has 1 atom stereocenters. The van der Waals surface area contributed by atoms with E-state index in [1.807, 2.05) is 17.0 Å². The molecule has 2 nitrogen and oxygen atoms in total. The highest BCUT2D eigenvalue weighted by Gasteiger charge is 2.07. The summed E-state index contributed by atoms with van der Waals surface area (Å²) in [4.78, 5) is 4.22. The van der Waals surface area contributed by atoms with Crippen LogP contribution in [0.1, 0.15) is 23.7 Å². The Morgan fingerprint density at radius 1 is 1.27 bits per heavy atom. The summed E-state index contributed by atoms with van der Waals surface area (Å²) in [6.45, 7) is 0. The summed E-state index contributed by atoms with van der Waals surface area (Å²) in [5.41, 5.74) is 10.2. The Bertz CT molecular complexity index is 383. The van der Waals surface area contributed by atoms with Gasteiger partial charge in [0.15, 0.2) is 0 Å². The molecule has 0 aliphatic rings. The van der Waals surface area contributed by atoms with Crippen LogP contribution in [0.25, 0.3) is 0 Å². The number of thiazole rings is 1. The van der Waals surface area contributed by atoms with Crippen LogP contribution in [0.4, 0.5) is 0 Å². The van der Waals surface area contributed by atoms with Gasteiger partial charge in [0.2, 0.25) is 0 Å². The van der Waals surface area contributed by atoms with Gasteiger partial charge in [-0.25, -0.2) is 4.98 Å². The van der Waals surface area contributed by atoms with Crippen molar-refractivity contribution in [3.05, 3.63) is 52.5 Å². The molecule has 0 bridgehead atoms. The summed E-state index contributed by atoms with van der Waals surface area (Å²) in [6, 6.07) is 10.5. The molecule has 0 aliphatic carbocycles. The number of benzene rings is 1. The third kappa shape index (κ3) is 2.88. The third-order valence-electron chi connectivity index (χ3n) is 2.42. The normalized spacial score (nSPS) is 12.6. The van der Waals surface area contributed by atoms with E-state index in [0.717, 1.165) is 18.5 Å². The maximum absolute atomic E-state index is 6.03. The van der Waals surface area contributed by atoms with Crippen LogP contribution in [0.3, 0.4) is 0 Å². The number of hydrogen-bond acceptors (Lipinski definition) is 3. The minimum atomic E-state index is 0.0662. The predicted octanol–water partition coefficient (Wildman–Crippen LogP) is 2.78. The smallest absolute Gasteiger partial charge is 0.0795 e. The monoisotopic (exact) mass is 218 g/mol. The molecule has 1 aromatic carbocycles. The second-order valence-electron chi connectivity index (χ2n) is 3.54. The fourth-order valence-corrected chi connectivity index (χ4v) is 2.14. The molecule has 0 amide bonds. The Kier molecular flexibility index (Phi) is 3.48. The van der Waals surface area contributed by atoms with Crippen molar-refractivity contribution in [3.8, 4) is 0 Å². The van der Waals surface area contributed by atoms with Crippen LogP contribution < -0.4 is 5.73 Å². The molecular formula is C12H14N2S. The molecule has 2 N–H and O–H groups in total. The number of nitrogens with zero attached hydrogens (tertiary/aromatic N) is 1. The zero-order valence-corrected chi connectivity index (χ0v) is 9.28. The molecule has 0 saturated carbocycles. The van der Waals surface area contributed by atoms with Gasteiger partial charge < -0.3 is 5.73 Å². The van der Waals surface area contributed by atoms with E-state index in [2.05, 4.69) is 29.2 Å². The van der Waals surface area contributed by atoms with Crippen molar-refractivity contribution in [2.75, 3.05) is 0 Å². The van der Waals surface area contributed by atoms with Gasteiger partial charge in [0.25, 0.3) is 0 Å². The summed E-state index contributed by atoms with van der Waals surface area (Å²) in [5.74, 6) is 0. The fourth-order valence-electron chi connectivity index (χ4n) is 1.52. The fraction of sp³-hybridized carbons (Fsp3) is 0.250. The van der Waals surface area contributed by atoms with Crippen molar-refractivity contribution < 1.29 is 0 Å². The quantitative estimate of drug-likeness (QED) is 0.857. The van der Waals surface area contributed by atoms with E-state index in [9.17, 15) is 0 Å². The van der Waals surface area contributed by atoms with Crippen LogP contribution in [-0.4, -0.2) is 4.98 Å². The highest BCUT2D eigenvalue weighted by Crippen LogP contribution is 2.16. The Labute approximate surface area is 93.8 Å². The summed E-state index contributed by atoms with van der Waals surface area (Å²) in [6.07, 6.45) is 1.97. The summed E-state index contributed by atoms with van der Waals surface area (Å²) < 4.78 is 0. The number of aryl methyl sites for hydroxylation is 1. The van der Waals surface area contributed by atoms with Crippen molar-refractivity contribution in [1.29, 1.82) is 0 Å². The van der Waals surface area contributed by atoms with Gasteiger partial charge in [-0.3, -0.25) is 0 Å². The molecule has 0 saturated heterocycles. The van der Waals surface area contributed by atoms with E-state index in [0.29, 0.717) is 0 Å². The van der Waals surface area contributed by atoms with Crippen molar-refractivity contribution in [3.63, 3.8) is 0 Å². The molecule has 3 heteroatoms. The van der Waals surface area contributed by atoms with Gasteiger partial charge in [-0.1, -0.05) is 30.3 Å². The van der Waals surface area contributed by atoms with Gasteiger partial charge in [0, 0.05) is 11.4 Å². The summed E-state index contributed by atoms with van der Waals surface area (Å²) >= 11 is 1.60. The lowest BCUT2D eigenvalue weighted by molar-refractivity contribution is 0.637. The van der Waals surface area contributed by atoms with E-state index >= 15 is 0 Å². The molecule has 2 rings (SSSR count). The molecule has 15 heavy (non-hydrogen) atoms. The molecule has 0 fully saturated rings. The molecule has 1 unspecified atom stereocenters. The van der Waals surface area contributed by atoms with Crippen LogP contribution in [0.15, 0.2) is 41.2 Å². The van der Waals surface area contributed by atoms with Crippen LogP contribution in [0.2, 0.25) is 0 Å². The number of nitrogens with two attached hydrogens (primary N) is 1.